The van der Waals surface area contributed by atoms with Crippen LogP contribution < -0.4 is 0 Å². The summed E-state index contributed by atoms with van der Waals surface area (Å²) in [4.78, 5) is 0. The van der Waals surface area contributed by atoms with Crippen molar-refractivity contribution in [3.05, 3.63) is 35.6 Å². The monoisotopic (exact) mass is 234 g/mol. The minimum absolute atomic E-state index is 0.281. The maximum absolute atomic E-state index is 12.6. The summed E-state index contributed by atoms with van der Waals surface area (Å²) in [5, 5.41) is 9.69. The van der Waals surface area contributed by atoms with E-state index in [1.54, 1.807) is 0 Å². The molecule has 0 aliphatic rings. The van der Waals surface area contributed by atoms with Gasteiger partial charge in [-0.1, -0.05) is 12.1 Å². The lowest BCUT2D eigenvalue weighted by atomic mass is 10.2. The predicted octanol–water partition coefficient (Wildman–Crippen LogP) is 2.30. The van der Waals surface area contributed by atoms with Gasteiger partial charge in [0.2, 0.25) is 0 Å². The molecule has 0 heterocycles. The molecule has 0 aromatic heterocycles. The fourth-order valence-corrected chi connectivity index (χ4v) is 2.18. The van der Waals surface area contributed by atoms with Crippen molar-refractivity contribution in [3.63, 3.8) is 0 Å². The smallest absolute Gasteiger partial charge is 0.362 e. The van der Waals surface area contributed by atoms with Crippen molar-refractivity contribution >= 4 is 7.60 Å². The van der Waals surface area contributed by atoms with Crippen molar-refractivity contribution in [2.24, 2.45) is 0 Å². The average molecular weight is 234 g/mol. The Balaban J connectivity index is 2.98. The summed E-state index contributed by atoms with van der Waals surface area (Å²) in [5.74, 6) is -1.84. The van der Waals surface area contributed by atoms with Crippen LogP contribution in [0.4, 0.5) is 4.39 Å². The van der Waals surface area contributed by atoms with Crippen LogP contribution in [-0.2, 0) is 13.6 Å². The Bertz CT molecular complexity index is 357. The van der Waals surface area contributed by atoms with Crippen LogP contribution in [0.2, 0.25) is 0 Å². The molecule has 0 unspecified atom stereocenters. The number of rotatable bonds is 4. The third-order valence-corrected chi connectivity index (χ3v) is 3.89. The van der Waals surface area contributed by atoms with Gasteiger partial charge in [-0.2, -0.15) is 0 Å². The highest BCUT2D eigenvalue weighted by Gasteiger charge is 2.33. The van der Waals surface area contributed by atoms with E-state index in [1.807, 2.05) is 0 Å². The van der Waals surface area contributed by atoms with E-state index < -0.39 is 19.3 Å². The first-order chi connectivity index (χ1) is 7.03. The molecule has 0 aliphatic carbocycles. The van der Waals surface area contributed by atoms with Gasteiger partial charge in [0.15, 0.2) is 5.85 Å². The van der Waals surface area contributed by atoms with Crippen molar-refractivity contribution in [2.75, 3.05) is 14.2 Å². The first kappa shape index (κ1) is 12.3. The lowest BCUT2D eigenvalue weighted by molar-refractivity contribution is 0.176. The van der Waals surface area contributed by atoms with E-state index in [4.69, 9.17) is 0 Å². The van der Waals surface area contributed by atoms with E-state index in [0.29, 0.717) is 0 Å². The standard InChI is InChI=1S/C9H12FO4P/c1-13-15(12,14-2)9(11)7-3-5-8(10)6-4-7/h3-6,9,11H,1-2H3/t9-/m1/s1. The molecule has 0 spiro atoms. The zero-order chi connectivity index (χ0) is 11.5. The summed E-state index contributed by atoms with van der Waals surface area (Å²) < 4.78 is 33.6. The Hall–Kier alpha value is -0.740. The molecule has 0 radical (unpaired) electrons. The molecule has 0 saturated heterocycles. The van der Waals surface area contributed by atoms with Crippen LogP contribution in [0.25, 0.3) is 0 Å². The maximum Gasteiger partial charge on any atom is 0.362 e. The van der Waals surface area contributed by atoms with Gasteiger partial charge in [-0.05, 0) is 17.7 Å². The minimum Gasteiger partial charge on any atom is -0.376 e. The fourth-order valence-electron chi connectivity index (χ4n) is 1.09. The third kappa shape index (κ3) is 2.63. The average Bonchev–Trinajstić information content (AvgIpc) is 2.28. The zero-order valence-electron chi connectivity index (χ0n) is 8.38. The highest BCUT2D eigenvalue weighted by atomic mass is 31.2. The second kappa shape index (κ2) is 4.86. The Kier molecular flexibility index (Phi) is 3.99. The lowest BCUT2D eigenvalue weighted by Gasteiger charge is -2.19. The molecule has 1 N–H and O–H groups in total. The van der Waals surface area contributed by atoms with Gasteiger partial charge in [-0.3, -0.25) is 4.57 Å². The topological polar surface area (TPSA) is 55.8 Å². The number of benzene rings is 1. The Morgan fingerprint density at radius 3 is 2.13 bits per heavy atom. The van der Waals surface area contributed by atoms with Crippen LogP contribution in [0.3, 0.4) is 0 Å². The molecule has 0 aliphatic heterocycles. The summed E-state index contributed by atoms with van der Waals surface area (Å²) in [5.41, 5.74) is 0.281. The van der Waals surface area contributed by atoms with E-state index in [-0.39, 0.29) is 5.56 Å². The van der Waals surface area contributed by atoms with Crippen LogP contribution in [0.1, 0.15) is 11.4 Å². The summed E-state index contributed by atoms with van der Waals surface area (Å²) in [6, 6.07) is 4.97. The van der Waals surface area contributed by atoms with Crippen LogP contribution in [-0.4, -0.2) is 19.3 Å². The predicted molar refractivity (Wildman–Crippen MR) is 53.0 cm³/mol. The number of hydrogen-bond acceptors (Lipinski definition) is 4. The quantitative estimate of drug-likeness (QED) is 0.812. The second-order valence-electron chi connectivity index (χ2n) is 2.83. The van der Waals surface area contributed by atoms with Crippen LogP contribution in [0, 0.1) is 5.82 Å². The first-order valence-electron chi connectivity index (χ1n) is 4.18. The van der Waals surface area contributed by atoms with Gasteiger partial charge >= 0.3 is 7.60 Å². The number of halogens is 1. The molecular formula is C9H12FO4P. The number of aliphatic hydroxyl groups excluding tert-OH is 1. The molecule has 0 bridgehead atoms. The van der Waals surface area contributed by atoms with Crippen molar-refractivity contribution in [2.45, 2.75) is 5.85 Å². The Morgan fingerprint density at radius 2 is 1.73 bits per heavy atom. The van der Waals surface area contributed by atoms with Gasteiger partial charge in [0.05, 0.1) is 0 Å². The minimum atomic E-state index is -3.58. The Labute approximate surface area is 87.2 Å². The molecule has 1 aromatic carbocycles. The third-order valence-electron chi connectivity index (χ3n) is 1.98. The normalized spacial score (nSPS) is 13.9. The van der Waals surface area contributed by atoms with Gasteiger partial charge in [0, 0.05) is 14.2 Å². The van der Waals surface area contributed by atoms with Gasteiger partial charge in [0.1, 0.15) is 5.82 Å². The van der Waals surface area contributed by atoms with E-state index in [0.717, 1.165) is 12.1 Å². The second-order valence-corrected chi connectivity index (χ2v) is 5.13. The summed E-state index contributed by atoms with van der Waals surface area (Å²) in [6.07, 6.45) is 0. The molecule has 1 rings (SSSR count). The van der Waals surface area contributed by atoms with Crippen molar-refractivity contribution in [3.8, 4) is 0 Å². The van der Waals surface area contributed by atoms with Gasteiger partial charge in [-0.15, -0.1) is 0 Å². The van der Waals surface area contributed by atoms with Gasteiger partial charge < -0.3 is 14.2 Å². The summed E-state index contributed by atoms with van der Waals surface area (Å²) in [7, 11) is -1.22. The highest BCUT2D eigenvalue weighted by Crippen LogP contribution is 2.58. The van der Waals surface area contributed by atoms with Crippen LogP contribution in [0.5, 0.6) is 0 Å². The van der Waals surface area contributed by atoms with Crippen LogP contribution in [0.15, 0.2) is 24.3 Å². The molecule has 0 fully saturated rings. The number of aliphatic hydroxyl groups is 1. The van der Waals surface area contributed by atoms with Crippen molar-refractivity contribution in [1.29, 1.82) is 0 Å². The molecule has 0 amide bonds. The van der Waals surface area contributed by atoms with E-state index in [9.17, 15) is 14.1 Å². The maximum atomic E-state index is 12.6. The van der Waals surface area contributed by atoms with Crippen molar-refractivity contribution in [1.82, 2.24) is 0 Å². The van der Waals surface area contributed by atoms with Gasteiger partial charge in [-0.25, -0.2) is 4.39 Å². The van der Waals surface area contributed by atoms with Crippen LogP contribution >= 0.6 is 7.60 Å². The molecule has 84 valence electrons. The lowest BCUT2D eigenvalue weighted by Crippen LogP contribution is -2.02. The fraction of sp³-hybridized carbons (Fsp3) is 0.333. The van der Waals surface area contributed by atoms with Crippen molar-refractivity contribution < 1.29 is 23.1 Å². The van der Waals surface area contributed by atoms with E-state index in [1.165, 1.54) is 26.4 Å². The molecular weight excluding hydrogens is 222 g/mol. The SMILES string of the molecule is COP(=O)(OC)[C@@H](O)c1ccc(F)cc1. The largest absolute Gasteiger partial charge is 0.376 e. The number of hydrogen-bond donors (Lipinski definition) is 1. The van der Waals surface area contributed by atoms with E-state index in [2.05, 4.69) is 9.05 Å². The molecule has 1 aromatic rings. The molecule has 4 nitrogen and oxygen atoms in total. The zero-order valence-corrected chi connectivity index (χ0v) is 9.28. The first-order valence-corrected chi connectivity index (χ1v) is 5.79. The molecule has 15 heavy (non-hydrogen) atoms. The molecule has 0 saturated carbocycles. The van der Waals surface area contributed by atoms with Gasteiger partial charge in [0.25, 0.3) is 0 Å². The molecule has 6 heteroatoms. The molecule has 1 atom stereocenters. The Morgan fingerprint density at radius 1 is 1.27 bits per heavy atom. The summed E-state index contributed by atoms with van der Waals surface area (Å²) >= 11 is 0. The summed E-state index contributed by atoms with van der Waals surface area (Å²) in [6.45, 7) is 0. The highest BCUT2D eigenvalue weighted by molar-refractivity contribution is 7.53. The van der Waals surface area contributed by atoms with E-state index >= 15 is 0 Å².